The van der Waals surface area contributed by atoms with E-state index >= 15 is 0 Å². The van der Waals surface area contributed by atoms with Crippen LogP contribution in [0.4, 0.5) is 0 Å². The van der Waals surface area contributed by atoms with Gasteiger partial charge in [-0.25, -0.2) is 0 Å². The van der Waals surface area contributed by atoms with Gasteiger partial charge in [-0.3, -0.25) is 4.79 Å². The molecule has 5 nitrogen and oxygen atoms in total. The molecule has 0 heterocycles. The second-order valence-electron chi connectivity index (χ2n) is 5.32. The van der Waals surface area contributed by atoms with Gasteiger partial charge < -0.3 is 4.74 Å². The number of azide groups is 1. The summed E-state index contributed by atoms with van der Waals surface area (Å²) in [6.45, 7) is 3.48. The van der Waals surface area contributed by atoms with Crippen LogP contribution in [-0.4, -0.2) is 17.6 Å². The van der Waals surface area contributed by atoms with Gasteiger partial charge in [-0.05, 0) is 43.1 Å². The molecule has 1 unspecified atom stereocenters. The minimum absolute atomic E-state index is 0.0862. The molecular formula is C11H17N3O2. The zero-order valence-electron chi connectivity index (χ0n) is 9.72. The average molecular weight is 223 g/mol. The highest BCUT2D eigenvalue weighted by molar-refractivity contribution is 5.66. The van der Waals surface area contributed by atoms with E-state index in [1.54, 1.807) is 0 Å². The van der Waals surface area contributed by atoms with Crippen molar-refractivity contribution in [3.63, 3.8) is 0 Å². The number of carbonyl (C=O) groups is 1. The number of hydrogen-bond donors (Lipinski definition) is 0. The Labute approximate surface area is 94.8 Å². The van der Waals surface area contributed by atoms with E-state index in [0.717, 1.165) is 25.7 Å². The van der Waals surface area contributed by atoms with Crippen molar-refractivity contribution in [3.05, 3.63) is 10.4 Å². The van der Waals surface area contributed by atoms with Gasteiger partial charge in [-0.2, -0.15) is 0 Å². The Kier molecular flexibility index (Phi) is 2.80. The molecule has 4 atom stereocenters. The standard InChI is InChI=1S/C11H17N3O2/c1-7(15)16-10-3-8-5-11(2,13-14-12)6-9(8)4-10/h8-10H,3-6H2,1-2H3/t8-,9+,10?,11-. The van der Waals surface area contributed by atoms with Crippen molar-refractivity contribution < 1.29 is 9.53 Å². The molecule has 5 heteroatoms. The molecule has 88 valence electrons. The Bertz CT molecular complexity index is 335. The zero-order chi connectivity index (χ0) is 11.8. The van der Waals surface area contributed by atoms with Crippen molar-refractivity contribution in [2.24, 2.45) is 17.0 Å². The van der Waals surface area contributed by atoms with Crippen LogP contribution in [0.1, 0.15) is 39.5 Å². The smallest absolute Gasteiger partial charge is 0.302 e. The van der Waals surface area contributed by atoms with Gasteiger partial charge in [-0.15, -0.1) is 0 Å². The van der Waals surface area contributed by atoms with Gasteiger partial charge in [0, 0.05) is 17.4 Å². The second-order valence-corrected chi connectivity index (χ2v) is 5.32. The summed E-state index contributed by atoms with van der Waals surface area (Å²) in [6, 6.07) is 0. The lowest BCUT2D eigenvalue weighted by atomic mass is 9.97. The fraction of sp³-hybridized carbons (Fsp3) is 0.909. The van der Waals surface area contributed by atoms with Crippen LogP contribution in [-0.2, 0) is 9.53 Å². The first-order valence-corrected chi connectivity index (χ1v) is 5.76. The summed E-state index contributed by atoms with van der Waals surface area (Å²) in [5.74, 6) is 0.919. The van der Waals surface area contributed by atoms with Crippen molar-refractivity contribution >= 4 is 5.97 Å². The molecule has 0 aromatic rings. The number of fused-ring (bicyclic) bond motifs is 1. The molecule has 0 aromatic heterocycles. The molecule has 2 saturated carbocycles. The molecular weight excluding hydrogens is 206 g/mol. The SMILES string of the molecule is CC(=O)OC1C[C@@H]2C[C@@](C)(N=[N+]=[N-])C[C@@H]2C1. The van der Waals surface area contributed by atoms with Crippen molar-refractivity contribution in [1.82, 2.24) is 0 Å². The van der Waals surface area contributed by atoms with E-state index in [1.807, 2.05) is 6.92 Å². The Morgan fingerprint density at radius 3 is 2.44 bits per heavy atom. The summed E-state index contributed by atoms with van der Waals surface area (Å²) < 4.78 is 5.23. The Morgan fingerprint density at radius 1 is 1.44 bits per heavy atom. The van der Waals surface area contributed by atoms with Crippen LogP contribution in [0.15, 0.2) is 5.11 Å². The number of ether oxygens (including phenoxy) is 1. The predicted octanol–water partition coefficient (Wildman–Crippen LogP) is 2.81. The minimum Gasteiger partial charge on any atom is -0.463 e. The van der Waals surface area contributed by atoms with Gasteiger partial charge in [-0.1, -0.05) is 12.0 Å². The van der Waals surface area contributed by atoms with Gasteiger partial charge in [0.05, 0.1) is 0 Å². The van der Waals surface area contributed by atoms with Crippen LogP contribution in [0.3, 0.4) is 0 Å². The molecule has 2 aliphatic carbocycles. The number of rotatable bonds is 2. The summed E-state index contributed by atoms with van der Waals surface area (Å²) in [4.78, 5) is 13.8. The number of esters is 1. The fourth-order valence-corrected chi connectivity index (χ4v) is 3.39. The van der Waals surface area contributed by atoms with Gasteiger partial charge in [0.25, 0.3) is 0 Å². The van der Waals surface area contributed by atoms with Gasteiger partial charge in [0.15, 0.2) is 0 Å². The van der Waals surface area contributed by atoms with E-state index in [1.165, 1.54) is 6.92 Å². The van der Waals surface area contributed by atoms with Crippen molar-refractivity contribution in [2.45, 2.75) is 51.2 Å². The lowest BCUT2D eigenvalue weighted by Gasteiger charge is -2.19. The summed E-state index contributed by atoms with van der Waals surface area (Å²) in [6.07, 6.45) is 3.81. The molecule has 0 N–H and O–H groups in total. The monoisotopic (exact) mass is 223 g/mol. The molecule has 2 aliphatic rings. The number of nitrogens with zero attached hydrogens (tertiary/aromatic N) is 3. The summed E-state index contributed by atoms with van der Waals surface area (Å²) >= 11 is 0. The van der Waals surface area contributed by atoms with Crippen LogP contribution in [0.25, 0.3) is 10.4 Å². The maximum Gasteiger partial charge on any atom is 0.302 e. The Hall–Kier alpha value is -1.22. The minimum atomic E-state index is -0.217. The number of hydrogen-bond acceptors (Lipinski definition) is 3. The molecule has 0 spiro atoms. The third-order valence-electron chi connectivity index (χ3n) is 3.82. The lowest BCUT2D eigenvalue weighted by molar-refractivity contribution is -0.146. The summed E-state index contributed by atoms with van der Waals surface area (Å²) in [7, 11) is 0. The molecule has 0 bridgehead atoms. The van der Waals surface area contributed by atoms with E-state index < -0.39 is 0 Å². The third-order valence-corrected chi connectivity index (χ3v) is 3.82. The molecule has 0 aromatic carbocycles. The maximum absolute atomic E-state index is 10.9. The molecule has 2 fully saturated rings. The normalized spacial score (nSPS) is 41.2. The quantitative estimate of drug-likeness (QED) is 0.312. The molecule has 0 saturated heterocycles. The van der Waals surface area contributed by atoms with E-state index in [2.05, 4.69) is 10.0 Å². The molecule has 16 heavy (non-hydrogen) atoms. The summed E-state index contributed by atoms with van der Waals surface area (Å²) in [5.41, 5.74) is 8.30. The first kappa shape index (κ1) is 11.3. The lowest BCUT2D eigenvalue weighted by Crippen LogP contribution is -2.20. The highest BCUT2D eigenvalue weighted by Crippen LogP contribution is 2.50. The summed E-state index contributed by atoms with van der Waals surface area (Å²) in [5, 5.41) is 3.90. The number of carbonyl (C=O) groups excluding carboxylic acids is 1. The van der Waals surface area contributed by atoms with Crippen molar-refractivity contribution in [3.8, 4) is 0 Å². The second kappa shape index (κ2) is 3.98. The topological polar surface area (TPSA) is 75.1 Å². The highest BCUT2D eigenvalue weighted by atomic mass is 16.5. The van der Waals surface area contributed by atoms with Crippen LogP contribution in [0.2, 0.25) is 0 Å². The Balaban J connectivity index is 1.95. The van der Waals surface area contributed by atoms with E-state index in [-0.39, 0.29) is 17.6 Å². The van der Waals surface area contributed by atoms with Crippen LogP contribution in [0, 0.1) is 11.8 Å². The molecule has 0 aliphatic heterocycles. The molecule has 0 radical (unpaired) electrons. The van der Waals surface area contributed by atoms with E-state index in [9.17, 15) is 4.79 Å². The zero-order valence-corrected chi connectivity index (χ0v) is 9.72. The van der Waals surface area contributed by atoms with Gasteiger partial charge >= 0.3 is 5.97 Å². The highest BCUT2D eigenvalue weighted by Gasteiger charge is 2.47. The van der Waals surface area contributed by atoms with E-state index in [0.29, 0.717) is 11.8 Å². The predicted molar refractivity (Wildman–Crippen MR) is 58.6 cm³/mol. The average Bonchev–Trinajstić information content (AvgIpc) is 2.57. The van der Waals surface area contributed by atoms with Crippen LogP contribution in [0.5, 0.6) is 0 Å². The van der Waals surface area contributed by atoms with E-state index in [4.69, 9.17) is 10.3 Å². The molecule has 2 rings (SSSR count). The third kappa shape index (κ3) is 2.14. The van der Waals surface area contributed by atoms with Gasteiger partial charge in [0.2, 0.25) is 0 Å². The van der Waals surface area contributed by atoms with Crippen molar-refractivity contribution in [1.29, 1.82) is 0 Å². The van der Waals surface area contributed by atoms with Crippen LogP contribution < -0.4 is 0 Å². The fourth-order valence-electron chi connectivity index (χ4n) is 3.39. The van der Waals surface area contributed by atoms with Crippen LogP contribution >= 0.6 is 0 Å². The largest absolute Gasteiger partial charge is 0.463 e. The van der Waals surface area contributed by atoms with Crippen molar-refractivity contribution in [2.75, 3.05) is 0 Å². The Morgan fingerprint density at radius 2 is 2.00 bits per heavy atom. The maximum atomic E-state index is 10.9. The van der Waals surface area contributed by atoms with Gasteiger partial charge in [0.1, 0.15) is 6.10 Å². The first-order chi connectivity index (χ1) is 7.52. The first-order valence-electron chi connectivity index (χ1n) is 5.76. The molecule has 0 amide bonds.